The molecule has 3 aromatic carbocycles. The van der Waals surface area contributed by atoms with E-state index in [4.69, 9.17) is 10.5 Å². The summed E-state index contributed by atoms with van der Waals surface area (Å²) in [4.78, 5) is 135. The Bertz CT molecular complexity index is 3320. The van der Waals surface area contributed by atoms with E-state index in [9.17, 15) is 61.5 Å². The summed E-state index contributed by atoms with van der Waals surface area (Å²) < 4.78 is 46.5. The van der Waals surface area contributed by atoms with Crippen LogP contribution in [-0.4, -0.2) is 121 Å². The summed E-state index contributed by atoms with van der Waals surface area (Å²) in [6, 6.07) is 14.1. The Morgan fingerprint density at radius 2 is 1.76 bits per heavy atom. The monoisotopic (exact) mass is 1130 g/mol. The van der Waals surface area contributed by atoms with Crippen LogP contribution in [0.4, 0.5) is 13.6 Å². The molecule has 0 aliphatic carbocycles. The molecular formula is C53H53F2N8O12PS2. The number of alkyl halides is 2. The van der Waals surface area contributed by atoms with Gasteiger partial charge in [-0.2, -0.15) is 8.78 Å². The van der Waals surface area contributed by atoms with Gasteiger partial charge >= 0.3 is 19.4 Å². The molecule has 6 heterocycles. The Labute approximate surface area is 453 Å². The molecule has 25 heteroatoms. The summed E-state index contributed by atoms with van der Waals surface area (Å²) >= 11 is 2.15. The number of unbranched alkanes of at least 4 members (excludes halogenated alkanes) is 3. The first-order valence-electron chi connectivity index (χ1n) is 25.1. The maximum absolute atomic E-state index is 14.9. The Kier molecular flexibility index (Phi) is 16.5. The van der Waals surface area contributed by atoms with Crippen LogP contribution in [0.1, 0.15) is 112 Å². The van der Waals surface area contributed by atoms with E-state index in [1.54, 1.807) is 24.4 Å². The standard InChI is InChI=1S/C53H53F2N8O12PS2/c54-53(55,76(72,73)74)33-16-20-41-32(24-33)25-42(77-41)48(68)58-37-28-61(45(65)15-8-3-1-2-5-10-30-13-9-14-35-36(30)27-62(50(35)69)39-19-21-44(64)60-46(39)66)23-22-34-17-18-40(63(34)51(37)70)47(67)59-38(29-75-52(56)71)49-57-26-43(78-49)31-11-6-4-7-12-31/h4,6-7,9,11-14,16,20,24-26,34,37-40H,1-3,8,15,17-19,21-23,27-29H2,(H2,56,71)(H,58,68)(H,59,67)(H,60,64,66)(H2,72,73,74)/t34-,37+,38+,39?,40+/m1/s1. The Balaban J connectivity index is 0.879. The number of benzene rings is 3. The molecule has 8 amide bonds. The Morgan fingerprint density at radius 1 is 0.962 bits per heavy atom. The molecule has 4 aliphatic heterocycles. The van der Waals surface area contributed by atoms with E-state index in [2.05, 4.69) is 32.8 Å². The second-order valence-electron chi connectivity index (χ2n) is 19.3. The first-order valence-corrected chi connectivity index (χ1v) is 28.4. The minimum atomic E-state index is -5.90. The number of thiazole rings is 1. The van der Waals surface area contributed by atoms with Crippen molar-refractivity contribution in [1.29, 1.82) is 0 Å². The van der Waals surface area contributed by atoms with E-state index in [0.717, 1.165) is 33.9 Å². The molecule has 1 unspecified atom stereocenters. The third-order valence-corrected chi connectivity index (χ3v) is 17.5. The smallest absolute Gasteiger partial charge is 0.404 e. The summed E-state index contributed by atoms with van der Waals surface area (Å²) in [5.41, 5.74) is 2.54. The number of hydrogen-bond donors (Lipinski definition) is 6. The average Bonchev–Trinajstić information content (AvgIpc) is 4.29. The molecular weight excluding hydrogens is 1070 g/mol. The van der Waals surface area contributed by atoms with Gasteiger partial charge in [0.15, 0.2) is 0 Å². The van der Waals surface area contributed by atoms with Gasteiger partial charge in [0, 0.05) is 72.5 Å². The number of rotatable bonds is 16. The van der Waals surface area contributed by atoms with E-state index in [1.165, 1.54) is 38.2 Å². The van der Waals surface area contributed by atoms with Crippen molar-refractivity contribution in [2.24, 2.45) is 5.73 Å². The number of nitrogens with zero attached hydrogens (tertiary/aromatic N) is 4. The topological polar surface area (TPSA) is 288 Å². The van der Waals surface area contributed by atoms with Gasteiger partial charge in [0.2, 0.25) is 29.5 Å². The number of primary amides is 1. The van der Waals surface area contributed by atoms with Gasteiger partial charge in [-0.05, 0) is 85.4 Å². The highest BCUT2D eigenvalue weighted by Gasteiger charge is 2.51. The number of aromatic nitrogens is 1. The largest absolute Gasteiger partial charge is 0.447 e. The van der Waals surface area contributed by atoms with Crippen LogP contribution in [-0.2, 0) is 45.5 Å². The second-order valence-corrected chi connectivity index (χ2v) is 23.1. The van der Waals surface area contributed by atoms with Crippen molar-refractivity contribution in [3.8, 4) is 22.3 Å². The first-order chi connectivity index (χ1) is 37.3. The van der Waals surface area contributed by atoms with Crippen LogP contribution in [0.25, 0.3) is 20.5 Å². The van der Waals surface area contributed by atoms with Gasteiger partial charge in [0.25, 0.3) is 11.8 Å². The zero-order valence-corrected chi connectivity index (χ0v) is 44.2. The van der Waals surface area contributed by atoms with Crippen LogP contribution in [0.2, 0.25) is 0 Å². The summed E-state index contributed by atoms with van der Waals surface area (Å²) in [6.45, 7) is -0.289. The molecule has 4 aliphatic rings. The van der Waals surface area contributed by atoms with Crippen LogP contribution in [0.15, 0.2) is 79.0 Å². The Morgan fingerprint density at radius 3 is 2.51 bits per heavy atom. The van der Waals surface area contributed by atoms with Crippen LogP contribution in [0, 0.1) is 11.8 Å². The highest BCUT2D eigenvalue weighted by Crippen LogP contribution is 2.59. The number of nitrogens with one attached hydrogen (secondary N) is 3. The van der Waals surface area contributed by atoms with Gasteiger partial charge in [0.05, 0.1) is 9.75 Å². The van der Waals surface area contributed by atoms with Crippen molar-refractivity contribution in [1.82, 2.24) is 35.6 Å². The lowest BCUT2D eigenvalue weighted by Crippen LogP contribution is -2.61. The number of fused-ring (bicyclic) bond motifs is 3. The number of halogens is 2. The van der Waals surface area contributed by atoms with E-state index in [0.29, 0.717) is 64.9 Å². The van der Waals surface area contributed by atoms with E-state index in [1.807, 2.05) is 30.3 Å². The van der Waals surface area contributed by atoms with Gasteiger partial charge in [0.1, 0.15) is 35.8 Å². The third kappa shape index (κ3) is 12.0. The second kappa shape index (κ2) is 23.3. The summed E-state index contributed by atoms with van der Waals surface area (Å²) in [6.07, 6.45) is 4.09. The molecule has 408 valence electrons. The fourth-order valence-corrected chi connectivity index (χ4v) is 12.6. The fourth-order valence-electron chi connectivity index (χ4n) is 10.2. The molecule has 0 radical (unpaired) electrons. The number of carbonyl (C=O) groups excluding carboxylic acids is 8. The summed E-state index contributed by atoms with van der Waals surface area (Å²) in [7, 11) is -5.90. The van der Waals surface area contributed by atoms with E-state index >= 15 is 0 Å². The molecule has 0 spiro atoms. The van der Waals surface area contributed by atoms with Crippen molar-refractivity contribution in [2.45, 2.75) is 107 Å². The number of amides is 8. The lowest BCUT2D eigenvalue weighted by molar-refractivity contribution is -0.145. The van der Waals surface area contributed by atoms with Gasteiger partial charge in [-0.25, -0.2) is 9.78 Å². The van der Waals surface area contributed by atoms with Crippen molar-refractivity contribution in [3.05, 3.63) is 111 Å². The minimum absolute atomic E-state index is 0.0281. The van der Waals surface area contributed by atoms with Gasteiger partial charge in [-0.3, -0.25) is 43.4 Å². The molecule has 5 aromatic rings. The lowest BCUT2D eigenvalue weighted by Gasteiger charge is -2.39. The van der Waals surface area contributed by atoms with Gasteiger partial charge in [-0.15, -0.1) is 22.7 Å². The lowest BCUT2D eigenvalue weighted by atomic mass is 10.0. The molecule has 20 nitrogen and oxygen atoms in total. The summed E-state index contributed by atoms with van der Waals surface area (Å²) in [5, 5.41) is 8.43. The van der Waals surface area contributed by atoms with E-state index in [-0.39, 0.29) is 79.9 Å². The molecule has 9 rings (SSSR count). The van der Waals surface area contributed by atoms with Crippen molar-refractivity contribution in [3.63, 3.8) is 0 Å². The fraction of sp³-hybridized carbons (Fsp3) is 0.377. The molecule has 5 atom stereocenters. The number of nitrogens with two attached hydrogens (primary N) is 1. The highest BCUT2D eigenvalue weighted by atomic mass is 32.1. The molecule has 7 N–H and O–H groups in total. The number of thiophene rings is 1. The average molecular weight is 1130 g/mol. The number of ether oxygens (including phenoxy) is 1. The molecule has 2 aromatic heterocycles. The summed E-state index contributed by atoms with van der Waals surface area (Å²) in [5.74, 6) is 2.81. The number of carbonyl (C=O) groups is 8. The van der Waals surface area contributed by atoms with Crippen LogP contribution < -0.4 is 21.7 Å². The van der Waals surface area contributed by atoms with Crippen molar-refractivity contribution < 1.29 is 66.2 Å². The molecule has 3 saturated heterocycles. The number of piperidine rings is 1. The molecule has 0 saturated carbocycles. The van der Waals surface area contributed by atoms with E-state index < -0.39 is 78.8 Å². The quantitative estimate of drug-likeness (QED) is 0.0302. The van der Waals surface area contributed by atoms with Crippen LogP contribution >= 0.6 is 30.3 Å². The maximum atomic E-state index is 14.9. The first kappa shape index (κ1) is 55.3. The van der Waals surface area contributed by atoms with Crippen LogP contribution in [0.3, 0.4) is 0 Å². The number of imide groups is 1. The van der Waals surface area contributed by atoms with Crippen molar-refractivity contribution in [2.75, 3.05) is 19.7 Å². The SMILES string of the molecule is NC(=O)OC[C@H](NC(=O)[C@@H]1CC[C@@H]2CCN(C(=O)CCCCCC#Cc3cccc4c3CN(C3CCC(=O)NC3=O)C4=O)C[C@H](NC(=O)c3cc4cc(C(F)(F)P(=O)(O)O)ccc4s3)C(=O)N21)c1ncc(-c2ccccc2)s1. The zero-order valence-electron chi connectivity index (χ0n) is 41.7. The molecule has 3 fully saturated rings. The predicted molar refractivity (Wildman–Crippen MR) is 280 cm³/mol. The third-order valence-electron chi connectivity index (χ3n) is 14.2. The normalized spacial score (nSPS) is 20.0. The maximum Gasteiger partial charge on any atom is 0.404 e. The highest BCUT2D eigenvalue weighted by molar-refractivity contribution is 7.52. The van der Waals surface area contributed by atoms with Crippen LogP contribution in [0.5, 0.6) is 0 Å². The zero-order chi connectivity index (χ0) is 55.5. The van der Waals surface area contributed by atoms with Gasteiger partial charge in [-0.1, -0.05) is 60.7 Å². The van der Waals surface area contributed by atoms with Crippen molar-refractivity contribution >= 4 is 87.8 Å². The number of hydrogen-bond acceptors (Lipinski definition) is 13. The van der Waals surface area contributed by atoms with Gasteiger partial charge < -0.3 is 45.6 Å². The molecule has 78 heavy (non-hydrogen) atoms. The predicted octanol–water partition coefficient (Wildman–Crippen LogP) is 5.66. The minimum Gasteiger partial charge on any atom is -0.447 e. The Hall–Kier alpha value is -7.42. The molecule has 0 bridgehead atoms.